The third-order valence-corrected chi connectivity index (χ3v) is 2.88. The molecule has 1 atom stereocenters. The van der Waals surface area contributed by atoms with E-state index in [1.54, 1.807) is 0 Å². The van der Waals surface area contributed by atoms with Gasteiger partial charge in [0.15, 0.2) is 0 Å². The predicted octanol–water partition coefficient (Wildman–Crippen LogP) is 3.46. The van der Waals surface area contributed by atoms with E-state index < -0.39 is 11.7 Å². The van der Waals surface area contributed by atoms with Gasteiger partial charge in [0.1, 0.15) is 11.4 Å². The Morgan fingerprint density at radius 1 is 1.48 bits per heavy atom. The van der Waals surface area contributed by atoms with Crippen molar-refractivity contribution < 1.29 is 14.1 Å². The summed E-state index contributed by atoms with van der Waals surface area (Å²) in [4.78, 5) is 16.0. The third kappa shape index (κ3) is 7.84. The number of carbonyl (C=O) groups is 1. The first-order valence-corrected chi connectivity index (χ1v) is 7.58. The molecule has 1 unspecified atom stereocenters. The zero-order valence-electron chi connectivity index (χ0n) is 13.4. The number of aromatic nitrogens is 2. The fourth-order valence-corrected chi connectivity index (χ4v) is 2.22. The summed E-state index contributed by atoms with van der Waals surface area (Å²) >= 11 is 4.84. The first kappa shape index (κ1) is 17.7. The summed E-state index contributed by atoms with van der Waals surface area (Å²) in [6.07, 6.45) is 1.24. The fraction of sp³-hybridized carbons (Fsp3) is 0.786. The van der Waals surface area contributed by atoms with Gasteiger partial charge < -0.3 is 14.6 Å². The molecule has 7 heteroatoms. The van der Waals surface area contributed by atoms with Gasteiger partial charge in [-0.05, 0) is 51.2 Å². The van der Waals surface area contributed by atoms with Crippen LogP contribution in [0.3, 0.4) is 0 Å². The number of rotatable bonds is 6. The maximum atomic E-state index is 11.7. The minimum absolute atomic E-state index is 0.202. The fourth-order valence-electron chi connectivity index (χ4n) is 2.07. The summed E-state index contributed by atoms with van der Waals surface area (Å²) in [5.74, 6) is 1.47. The lowest BCUT2D eigenvalue weighted by atomic mass is 9.94. The first-order valence-electron chi connectivity index (χ1n) is 7.17. The smallest absolute Gasteiger partial charge is 0.407 e. The van der Waals surface area contributed by atoms with Crippen LogP contribution in [0.5, 0.6) is 0 Å². The number of nitrogens with one attached hydrogen (secondary N) is 2. The van der Waals surface area contributed by atoms with Crippen LogP contribution in [0.15, 0.2) is 4.52 Å². The Bertz CT molecular complexity index is 502. The highest BCUT2D eigenvalue weighted by atomic mass is 32.1. The zero-order chi connectivity index (χ0) is 16.0. The van der Waals surface area contributed by atoms with Gasteiger partial charge >= 0.3 is 10.9 Å². The van der Waals surface area contributed by atoms with Gasteiger partial charge in [-0.3, -0.25) is 0 Å². The first-order chi connectivity index (χ1) is 9.65. The number of nitrogens with zero attached hydrogens (tertiary/aromatic N) is 1. The summed E-state index contributed by atoms with van der Waals surface area (Å²) in [6.45, 7) is 10.3. The lowest BCUT2D eigenvalue weighted by molar-refractivity contribution is 0.0516. The molecule has 1 amide bonds. The van der Waals surface area contributed by atoms with Crippen LogP contribution in [0, 0.1) is 16.7 Å². The summed E-state index contributed by atoms with van der Waals surface area (Å²) in [7, 11) is 0. The average molecular weight is 315 g/mol. The molecule has 0 saturated heterocycles. The molecule has 6 nitrogen and oxygen atoms in total. The number of alkyl carbamates (subject to hydrolysis) is 1. The number of H-pyrrole nitrogens is 1. The van der Waals surface area contributed by atoms with Gasteiger partial charge in [-0.25, -0.2) is 9.95 Å². The highest BCUT2D eigenvalue weighted by molar-refractivity contribution is 7.71. The predicted molar refractivity (Wildman–Crippen MR) is 82.6 cm³/mol. The molecule has 0 fully saturated rings. The Labute approximate surface area is 130 Å². The van der Waals surface area contributed by atoms with E-state index in [9.17, 15) is 4.79 Å². The summed E-state index contributed by atoms with van der Waals surface area (Å²) in [5, 5.41) is 5.51. The third-order valence-electron chi connectivity index (χ3n) is 2.70. The highest BCUT2D eigenvalue weighted by Gasteiger charge is 2.19. The Hall–Kier alpha value is -1.37. The summed E-state index contributed by atoms with van der Waals surface area (Å²) in [5.41, 5.74) is -0.491. The van der Waals surface area contributed by atoms with Crippen molar-refractivity contribution in [2.75, 3.05) is 6.54 Å². The zero-order valence-corrected chi connectivity index (χ0v) is 14.2. The molecule has 1 aromatic heterocycles. The van der Waals surface area contributed by atoms with E-state index in [1.807, 2.05) is 20.8 Å². The van der Waals surface area contributed by atoms with Gasteiger partial charge in [0.25, 0.3) is 0 Å². The Balaban J connectivity index is 2.54. The van der Waals surface area contributed by atoms with Crippen molar-refractivity contribution in [2.24, 2.45) is 11.8 Å². The summed E-state index contributed by atoms with van der Waals surface area (Å²) < 4.78 is 10.2. The number of hydrogen-bond donors (Lipinski definition) is 2. The molecule has 0 aliphatic rings. The second-order valence-corrected chi connectivity index (χ2v) is 6.96. The monoisotopic (exact) mass is 315 g/mol. The normalized spacial score (nSPS) is 13.2. The molecular formula is C14H25N3O3S. The summed E-state index contributed by atoms with van der Waals surface area (Å²) in [6, 6.07) is 0. The van der Waals surface area contributed by atoms with Crippen molar-refractivity contribution in [2.45, 2.75) is 53.1 Å². The van der Waals surface area contributed by atoms with Crippen LogP contribution in [0.1, 0.15) is 46.9 Å². The Morgan fingerprint density at radius 3 is 2.62 bits per heavy atom. The van der Waals surface area contributed by atoms with E-state index in [1.165, 1.54) is 0 Å². The van der Waals surface area contributed by atoms with Gasteiger partial charge in [-0.2, -0.15) is 4.98 Å². The van der Waals surface area contributed by atoms with E-state index in [2.05, 4.69) is 29.3 Å². The molecule has 1 aromatic rings. The molecular weight excluding hydrogens is 290 g/mol. The van der Waals surface area contributed by atoms with Crippen LogP contribution in [-0.2, 0) is 11.2 Å². The Kier molecular flexibility index (Phi) is 6.39. The van der Waals surface area contributed by atoms with E-state index in [0.717, 1.165) is 6.42 Å². The largest absolute Gasteiger partial charge is 0.444 e. The quantitative estimate of drug-likeness (QED) is 0.786. The average Bonchev–Trinajstić information content (AvgIpc) is 2.68. The van der Waals surface area contributed by atoms with Gasteiger partial charge in [0, 0.05) is 13.0 Å². The van der Waals surface area contributed by atoms with E-state index in [0.29, 0.717) is 24.7 Å². The van der Waals surface area contributed by atoms with Crippen molar-refractivity contribution in [3.63, 3.8) is 0 Å². The van der Waals surface area contributed by atoms with Crippen molar-refractivity contribution in [3.8, 4) is 0 Å². The van der Waals surface area contributed by atoms with Gasteiger partial charge in [0.2, 0.25) is 0 Å². The number of carbonyl (C=O) groups excluding carboxylic acids is 1. The molecule has 0 bridgehead atoms. The van der Waals surface area contributed by atoms with Crippen molar-refractivity contribution in [1.82, 2.24) is 15.5 Å². The molecule has 0 aliphatic heterocycles. The maximum absolute atomic E-state index is 11.7. The lowest BCUT2D eigenvalue weighted by Crippen LogP contribution is -2.36. The molecule has 0 spiro atoms. The van der Waals surface area contributed by atoms with Gasteiger partial charge in [-0.1, -0.05) is 13.8 Å². The molecule has 0 radical (unpaired) electrons. The molecule has 1 rings (SSSR count). The lowest BCUT2D eigenvalue weighted by Gasteiger charge is -2.22. The molecule has 0 saturated carbocycles. The van der Waals surface area contributed by atoms with Crippen LogP contribution in [0.2, 0.25) is 0 Å². The SMILES string of the molecule is CC(C)CC(CNC(=O)OC(C)(C)C)Cc1nc(=S)o[nH]1. The van der Waals surface area contributed by atoms with E-state index in [-0.39, 0.29) is 10.8 Å². The van der Waals surface area contributed by atoms with E-state index in [4.69, 9.17) is 21.5 Å². The van der Waals surface area contributed by atoms with Crippen molar-refractivity contribution >= 4 is 18.3 Å². The standard InChI is InChI=1S/C14H25N3O3S/c1-9(2)6-10(7-11-16-13(21)20-17-11)8-15-12(18)19-14(3,4)5/h9-10H,6-8H2,1-5H3,(H,15,18)(H,16,17,21). The molecule has 1 heterocycles. The van der Waals surface area contributed by atoms with Crippen LogP contribution < -0.4 is 5.32 Å². The van der Waals surface area contributed by atoms with Gasteiger partial charge in [-0.15, -0.1) is 0 Å². The molecule has 120 valence electrons. The minimum Gasteiger partial charge on any atom is -0.444 e. The highest BCUT2D eigenvalue weighted by Crippen LogP contribution is 2.15. The molecule has 2 N–H and O–H groups in total. The van der Waals surface area contributed by atoms with Crippen LogP contribution in [-0.4, -0.2) is 28.4 Å². The number of hydrogen-bond acceptors (Lipinski definition) is 5. The van der Waals surface area contributed by atoms with Crippen LogP contribution in [0.4, 0.5) is 4.79 Å². The second kappa shape index (κ2) is 7.59. The van der Waals surface area contributed by atoms with Crippen LogP contribution >= 0.6 is 12.2 Å². The Morgan fingerprint density at radius 2 is 2.14 bits per heavy atom. The van der Waals surface area contributed by atoms with Crippen molar-refractivity contribution in [3.05, 3.63) is 10.7 Å². The minimum atomic E-state index is -0.491. The number of amides is 1. The maximum Gasteiger partial charge on any atom is 0.407 e. The van der Waals surface area contributed by atoms with Crippen molar-refractivity contribution in [1.29, 1.82) is 0 Å². The number of ether oxygens (including phenoxy) is 1. The molecule has 21 heavy (non-hydrogen) atoms. The molecule has 0 aromatic carbocycles. The van der Waals surface area contributed by atoms with Gasteiger partial charge in [0.05, 0.1) is 0 Å². The van der Waals surface area contributed by atoms with Crippen LogP contribution in [0.25, 0.3) is 0 Å². The number of aromatic amines is 1. The van der Waals surface area contributed by atoms with E-state index >= 15 is 0 Å². The molecule has 0 aliphatic carbocycles. The topological polar surface area (TPSA) is 80.2 Å². The second-order valence-electron chi connectivity index (χ2n) is 6.61.